The summed E-state index contributed by atoms with van der Waals surface area (Å²) in [5, 5.41) is 6.39. The molecule has 1 aliphatic carbocycles. The van der Waals surface area contributed by atoms with E-state index >= 15 is 0 Å². The van der Waals surface area contributed by atoms with Crippen LogP contribution in [0, 0.1) is 17.8 Å². The van der Waals surface area contributed by atoms with E-state index in [1.165, 1.54) is 6.42 Å². The second-order valence-electron chi connectivity index (χ2n) is 5.17. The molecular formula is C12H23ClN2O. The highest BCUT2D eigenvalue weighted by atomic mass is 35.5. The third kappa shape index (κ3) is 4.30. The smallest absolute Gasteiger partial charge is 0.220 e. The van der Waals surface area contributed by atoms with Gasteiger partial charge in [-0.05, 0) is 50.1 Å². The number of piperidine rings is 1. The van der Waals surface area contributed by atoms with Crippen LogP contribution in [0.3, 0.4) is 0 Å². The molecule has 2 atom stereocenters. The average Bonchev–Trinajstić information content (AvgIpc) is 2.93. The van der Waals surface area contributed by atoms with Crippen molar-refractivity contribution in [3.63, 3.8) is 0 Å². The van der Waals surface area contributed by atoms with Crippen LogP contribution in [0.15, 0.2) is 0 Å². The minimum atomic E-state index is 0. The summed E-state index contributed by atoms with van der Waals surface area (Å²) in [6.45, 7) is 5.32. The zero-order valence-corrected chi connectivity index (χ0v) is 10.8. The third-order valence-corrected chi connectivity index (χ3v) is 3.77. The maximum absolute atomic E-state index is 11.6. The van der Waals surface area contributed by atoms with Gasteiger partial charge in [-0.15, -0.1) is 12.4 Å². The molecule has 0 bridgehead atoms. The molecular weight excluding hydrogens is 224 g/mol. The summed E-state index contributed by atoms with van der Waals surface area (Å²) in [5.74, 6) is 2.48. The molecule has 2 rings (SSSR count). The van der Waals surface area contributed by atoms with Crippen molar-refractivity contribution < 1.29 is 4.79 Å². The molecule has 0 aromatic carbocycles. The number of rotatable bonds is 4. The zero-order chi connectivity index (χ0) is 10.7. The van der Waals surface area contributed by atoms with Crippen molar-refractivity contribution in [2.45, 2.75) is 32.6 Å². The molecule has 4 heteroatoms. The van der Waals surface area contributed by atoms with Crippen molar-refractivity contribution in [1.82, 2.24) is 10.6 Å². The van der Waals surface area contributed by atoms with E-state index in [4.69, 9.17) is 0 Å². The summed E-state index contributed by atoms with van der Waals surface area (Å²) in [6, 6.07) is 0. The highest BCUT2D eigenvalue weighted by Gasteiger charge is 2.32. The van der Waals surface area contributed by atoms with Crippen molar-refractivity contribution in [3.8, 4) is 0 Å². The number of amides is 1. The maximum atomic E-state index is 11.6. The van der Waals surface area contributed by atoms with Crippen LogP contribution in [0.2, 0.25) is 0 Å². The molecule has 0 radical (unpaired) electrons. The number of hydrogen-bond acceptors (Lipinski definition) is 2. The fourth-order valence-corrected chi connectivity index (χ4v) is 2.35. The number of nitrogens with one attached hydrogen (secondary N) is 2. The van der Waals surface area contributed by atoms with Crippen molar-refractivity contribution in [2.75, 3.05) is 19.6 Å². The lowest BCUT2D eigenvalue weighted by Crippen LogP contribution is -2.33. The van der Waals surface area contributed by atoms with E-state index in [0.717, 1.165) is 50.7 Å². The molecule has 1 saturated heterocycles. The lowest BCUT2D eigenvalue weighted by atomic mass is 9.94. The topological polar surface area (TPSA) is 41.1 Å². The Hall–Kier alpha value is -0.280. The Morgan fingerprint density at radius 1 is 1.38 bits per heavy atom. The van der Waals surface area contributed by atoms with Crippen LogP contribution in [0.5, 0.6) is 0 Å². The van der Waals surface area contributed by atoms with Gasteiger partial charge in [-0.3, -0.25) is 4.79 Å². The van der Waals surface area contributed by atoms with E-state index in [-0.39, 0.29) is 18.3 Å². The molecule has 2 aliphatic rings. The van der Waals surface area contributed by atoms with Crippen LogP contribution >= 0.6 is 12.4 Å². The van der Waals surface area contributed by atoms with Crippen LogP contribution in [-0.4, -0.2) is 25.5 Å². The lowest BCUT2D eigenvalue weighted by Gasteiger charge is -2.21. The van der Waals surface area contributed by atoms with E-state index in [9.17, 15) is 4.79 Å². The zero-order valence-electron chi connectivity index (χ0n) is 10.00. The molecule has 16 heavy (non-hydrogen) atoms. The third-order valence-electron chi connectivity index (χ3n) is 3.77. The van der Waals surface area contributed by atoms with Gasteiger partial charge in [-0.25, -0.2) is 0 Å². The summed E-state index contributed by atoms with van der Waals surface area (Å²) in [4.78, 5) is 11.6. The van der Waals surface area contributed by atoms with Crippen LogP contribution in [-0.2, 0) is 4.79 Å². The first kappa shape index (κ1) is 13.8. The number of carbonyl (C=O) groups excluding carboxylic acids is 1. The van der Waals surface area contributed by atoms with E-state index in [1.54, 1.807) is 0 Å². The number of carbonyl (C=O) groups is 1. The fraction of sp³-hybridized carbons (Fsp3) is 0.917. The molecule has 2 fully saturated rings. The Balaban J connectivity index is 0.00000128. The number of halogens is 1. The van der Waals surface area contributed by atoms with Crippen molar-refractivity contribution in [2.24, 2.45) is 17.8 Å². The second-order valence-corrected chi connectivity index (χ2v) is 5.17. The van der Waals surface area contributed by atoms with E-state index in [0.29, 0.717) is 5.92 Å². The van der Waals surface area contributed by atoms with Gasteiger partial charge >= 0.3 is 0 Å². The molecule has 2 unspecified atom stereocenters. The summed E-state index contributed by atoms with van der Waals surface area (Å²) in [5.41, 5.74) is 0. The largest absolute Gasteiger partial charge is 0.356 e. The second kappa shape index (κ2) is 6.45. The van der Waals surface area contributed by atoms with Gasteiger partial charge in [0.25, 0.3) is 0 Å². The Morgan fingerprint density at radius 2 is 2.00 bits per heavy atom. The van der Waals surface area contributed by atoms with Gasteiger partial charge in [0.15, 0.2) is 0 Å². The normalized spacial score (nSPS) is 29.3. The highest BCUT2D eigenvalue weighted by Crippen LogP contribution is 2.36. The Bertz CT molecular complexity index is 229. The standard InChI is InChI=1S/C12H22N2O.ClH/c1-9-6-11(9)8-14-12(15)7-10-2-4-13-5-3-10;/h9-11,13H,2-8H2,1H3,(H,14,15);1H. The minimum Gasteiger partial charge on any atom is -0.356 e. The first-order chi connectivity index (χ1) is 7.25. The Morgan fingerprint density at radius 3 is 2.56 bits per heavy atom. The molecule has 2 N–H and O–H groups in total. The SMILES string of the molecule is CC1CC1CNC(=O)CC1CCNCC1.Cl. The molecule has 0 spiro atoms. The monoisotopic (exact) mass is 246 g/mol. The summed E-state index contributed by atoms with van der Waals surface area (Å²) in [6.07, 6.45) is 4.36. The molecule has 94 valence electrons. The minimum absolute atomic E-state index is 0. The van der Waals surface area contributed by atoms with Crippen molar-refractivity contribution >= 4 is 18.3 Å². The van der Waals surface area contributed by atoms with Gasteiger partial charge in [-0.2, -0.15) is 0 Å². The van der Waals surface area contributed by atoms with Gasteiger partial charge in [0.05, 0.1) is 0 Å². The first-order valence-corrected chi connectivity index (χ1v) is 6.23. The van der Waals surface area contributed by atoms with Crippen molar-refractivity contribution in [3.05, 3.63) is 0 Å². The van der Waals surface area contributed by atoms with Crippen molar-refractivity contribution in [1.29, 1.82) is 0 Å². The average molecular weight is 247 g/mol. The Kier molecular flexibility index (Phi) is 5.56. The molecule has 0 aromatic rings. The lowest BCUT2D eigenvalue weighted by molar-refractivity contribution is -0.122. The highest BCUT2D eigenvalue weighted by molar-refractivity contribution is 5.85. The fourth-order valence-electron chi connectivity index (χ4n) is 2.35. The Labute approximate surface area is 104 Å². The molecule has 3 nitrogen and oxygen atoms in total. The van der Waals surface area contributed by atoms with E-state index in [1.807, 2.05) is 0 Å². The van der Waals surface area contributed by atoms with Crippen LogP contribution < -0.4 is 10.6 Å². The summed E-state index contributed by atoms with van der Waals surface area (Å²) < 4.78 is 0. The summed E-state index contributed by atoms with van der Waals surface area (Å²) in [7, 11) is 0. The van der Waals surface area contributed by atoms with Gasteiger partial charge in [0, 0.05) is 13.0 Å². The van der Waals surface area contributed by atoms with E-state index < -0.39 is 0 Å². The number of hydrogen-bond donors (Lipinski definition) is 2. The van der Waals surface area contributed by atoms with Gasteiger partial charge in [0.1, 0.15) is 0 Å². The molecule has 1 aliphatic heterocycles. The maximum Gasteiger partial charge on any atom is 0.220 e. The molecule has 1 saturated carbocycles. The predicted molar refractivity (Wildman–Crippen MR) is 67.7 cm³/mol. The van der Waals surface area contributed by atoms with Gasteiger partial charge < -0.3 is 10.6 Å². The molecule has 1 amide bonds. The van der Waals surface area contributed by atoms with Gasteiger partial charge in [-0.1, -0.05) is 6.92 Å². The first-order valence-electron chi connectivity index (χ1n) is 6.23. The summed E-state index contributed by atoms with van der Waals surface area (Å²) >= 11 is 0. The predicted octanol–water partition coefficient (Wildman–Crippen LogP) is 1.57. The quantitative estimate of drug-likeness (QED) is 0.791. The molecule has 0 aromatic heterocycles. The van der Waals surface area contributed by atoms with E-state index in [2.05, 4.69) is 17.6 Å². The van der Waals surface area contributed by atoms with Crippen LogP contribution in [0.1, 0.15) is 32.6 Å². The van der Waals surface area contributed by atoms with Crippen LogP contribution in [0.25, 0.3) is 0 Å². The van der Waals surface area contributed by atoms with Crippen LogP contribution in [0.4, 0.5) is 0 Å². The molecule has 1 heterocycles. The van der Waals surface area contributed by atoms with Gasteiger partial charge in [0.2, 0.25) is 5.91 Å².